The van der Waals surface area contributed by atoms with Crippen molar-refractivity contribution in [1.82, 2.24) is 10.2 Å². The molecule has 0 saturated carbocycles. The highest BCUT2D eigenvalue weighted by Gasteiger charge is 2.10. The molecule has 0 aliphatic heterocycles. The van der Waals surface area contributed by atoms with Crippen molar-refractivity contribution in [3.8, 4) is 5.75 Å². The third-order valence-corrected chi connectivity index (χ3v) is 3.38. The van der Waals surface area contributed by atoms with Crippen molar-refractivity contribution in [1.29, 1.82) is 0 Å². The molecule has 0 aromatic heterocycles. The van der Waals surface area contributed by atoms with E-state index in [2.05, 4.69) is 28.8 Å². The highest BCUT2D eigenvalue weighted by Crippen LogP contribution is 2.24. The molecule has 1 aromatic rings. The van der Waals surface area contributed by atoms with Crippen LogP contribution in [0.15, 0.2) is 18.2 Å². The molecule has 0 saturated heterocycles. The molecule has 1 N–H and O–H groups in total. The molecule has 0 radical (unpaired) electrons. The van der Waals surface area contributed by atoms with Crippen LogP contribution in [0.4, 0.5) is 8.78 Å². The van der Waals surface area contributed by atoms with Gasteiger partial charge in [-0.05, 0) is 37.7 Å². The van der Waals surface area contributed by atoms with Crippen LogP contribution in [0.3, 0.4) is 0 Å². The molecule has 0 spiro atoms. The number of hydrogen-bond donors (Lipinski definition) is 1. The minimum Gasteiger partial charge on any atom is -0.434 e. The monoisotopic (exact) mass is 320 g/mol. The van der Waals surface area contributed by atoms with Gasteiger partial charge in [-0.25, -0.2) is 0 Å². The van der Waals surface area contributed by atoms with Crippen LogP contribution in [0.25, 0.3) is 0 Å². The van der Waals surface area contributed by atoms with Gasteiger partial charge in [-0.15, -0.1) is 0 Å². The summed E-state index contributed by atoms with van der Waals surface area (Å²) in [7, 11) is 0. The SMILES string of the molecule is CCCN(CC)CCNCc1cc(Cl)ccc1OC(F)F. The fourth-order valence-corrected chi connectivity index (χ4v) is 2.30. The zero-order valence-electron chi connectivity index (χ0n) is 12.5. The highest BCUT2D eigenvalue weighted by atomic mass is 35.5. The number of alkyl halides is 2. The van der Waals surface area contributed by atoms with E-state index in [4.69, 9.17) is 11.6 Å². The van der Waals surface area contributed by atoms with Crippen LogP contribution in [0.5, 0.6) is 5.75 Å². The van der Waals surface area contributed by atoms with E-state index in [1.165, 1.54) is 6.07 Å². The predicted molar refractivity (Wildman–Crippen MR) is 82.2 cm³/mol. The number of ether oxygens (including phenoxy) is 1. The predicted octanol–water partition coefficient (Wildman–Crippen LogP) is 3.76. The Balaban J connectivity index is 2.48. The van der Waals surface area contributed by atoms with E-state index in [0.717, 1.165) is 32.6 Å². The van der Waals surface area contributed by atoms with Gasteiger partial charge in [0.15, 0.2) is 0 Å². The Kier molecular flexibility index (Phi) is 8.57. The average Bonchev–Trinajstić information content (AvgIpc) is 2.44. The Morgan fingerprint density at radius 1 is 1.29 bits per heavy atom. The molecule has 0 unspecified atom stereocenters. The quantitative estimate of drug-likeness (QED) is 0.664. The second-order valence-corrected chi connectivity index (χ2v) is 5.18. The van der Waals surface area contributed by atoms with E-state index in [1.54, 1.807) is 12.1 Å². The molecule has 1 rings (SSSR count). The van der Waals surface area contributed by atoms with E-state index in [0.29, 0.717) is 17.1 Å². The number of nitrogens with one attached hydrogen (secondary N) is 1. The zero-order valence-corrected chi connectivity index (χ0v) is 13.3. The van der Waals surface area contributed by atoms with Crippen molar-refractivity contribution in [3.63, 3.8) is 0 Å². The van der Waals surface area contributed by atoms with Crippen LogP contribution in [0.2, 0.25) is 5.02 Å². The smallest absolute Gasteiger partial charge is 0.387 e. The van der Waals surface area contributed by atoms with E-state index in [1.807, 2.05) is 0 Å². The molecule has 0 fully saturated rings. The summed E-state index contributed by atoms with van der Waals surface area (Å²) in [4.78, 5) is 2.33. The molecule has 3 nitrogen and oxygen atoms in total. The standard InChI is InChI=1S/C15H23ClF2N2O/c1-3-8-20(4-2)9-7-19-11-12-10-13(16)5-6-14(12)21-15(17)18/h5-6,10,15,19H,3-4,7-9,11H2,1-2H3. The van der Waals surface area contributed by atoms with E-state index in [-0.39, 0.29) is 5.75 Å². The molecular weight excluding hydrogens is 298 g/mol. The van der Waals surface area contributed by atoms with Crippen molar-refractivity contribution in [2.24, 2.45) is 0 Å². The van der Waals surface area contributed by atoms with E-state index < -0.39 is 6.61 Å². The largest absolute Gasteiger partial charge is 0.434 e. The van der Waals surface area contributed by atoms with Gasteiger partial charge in [0.05, 0.1) is 0 Å². The minimum absolute atomic E-state index is 0.169. The number of rotatable bonds is 10. The van der Waals surface area contributed by atoms with Gasteiger partial charge in [-0.1, -0.05) is 25.4 Å². The molecule has 0 aliphatic rings. The molecule has 0 bridgehead atoms. The maximum absolute atomic E-state index is 12.3. The van der Waals surface area contributed by atoms with Crippen LogP contribution in [0.1, 0.15) is 25.8 Å². The van der Waals surface area contributed by atoms with Crippen LogP contribution >= 0.6 is 11.6 Å². The third-order valence-electron chi connectivity index (χ3n) is 3.15. The summed E-state index contributed by atoms with van der Waals surface area (Å²) < 4.78 is 29.2. The summed E-state index contributed by atoms with van der Waals surface area (Å²) in [5, 5.41) is 3.75. The van der Waals surface area contributed by atoms with Crippen molar-refractivity contribution >= 4 is 11.6 Å². The first-order valence-corrected chi connectivity index (χ1v) is 7.60. The summed E-state index contributed by atoms with van der Waals surface area (Å²) in [5.41, 5.74) is 0.640. The lowest BCUT2D eigenvalue weighted by Crippen LogP contribution is -2.32. The summed E-state index contributed by atoms with van der Waals surface area (Å²) in [6, 6.07) is 4.67. The molecule has 21 heavy (non-hydrogen) atoms. The topological polar surface area (TPSA) is 24.5 Å². The first-order chi connectivity index (χ1) is 10.1. The number of nitrogens with zero attached hydrogens (tertiary/aromatic N) is 1. The van der Waals surface area contributed by atoms with Gasteiger partial charge in [-0.3, -0.25) is 0 Å². The van der Waals surface area contributed by atoms with E-state index in [9.17, 15) is 8.78 Å². The van der Waals surface area contributed by atoms with Crippen LogP contribution < -0.4 is 10.1 Å². The molecule has 0 amide bonds. The van der Waals surface area contributed by atoms with Gasteiger partial charge in [0.1, 0.15) is 5.75 Å². The van der Waals surface area contributed by atoms with Crippen LogP contribution in [-0.2, 0) is 6.54 Å². The average molecular weight is 321 g/mol. The summed E-state index contributed by atoms with van der Waals surface area (Å²) >= 11 is 5.90. The molecule has 0 aliphatic carbocycles. The molecular formula is C15H23ClF2N2O. The number of likely N-dealkylation sites (N-methyl/N-ethyl adjacent to an activating group) is 1. The van der Waals surface area contributed by atoms with Crippen molar-refractivity contribution in [3.05, 3.63) is 28.8 Å². The number of benzene rings is 1. The summed E-state index contributed by atoms with van der Waals surface area (Å²) in [6.07, 6.45) is 1.12. The lowest BCUT2D eigenvalue weighted by Gasteiger charge is -2.19. The van der Waals surface area contributed by atoms with Gasteiger partial charge in [0.25, 0.3) is 0 Å². The Hall–Kier alpha value is -0.910. The van der Waals surface area contributed by atoms with Crippen molar-refractivity contribution in [2.45, 2.75) is 33.4 Å². The maximum atomic E-state index is 12.3. The zero-order chi connectivity index (χ0) is 15.7. The third kappa shape index (κ3) is 7.07. The summed E-state index contributed by atoms with van der Waals surface area (Å²) in [6.45, 7) is 5.68. The Labute approximate surface area is 130 Å². The molecule has 6 heteroatoms. The van der Waals surface area contributed by atoms with Gasteiger partial charge >= 0.3 is 6.61 Å². The van der Waals surface area contributed by atoms with Gasteiger partial charge in [0.2, 0.25) is 0 Å². The van der Waals surface area contributed by atoms with Crippen molar-refractivity contribution in [2.75, 3.05) is 26.2 Å². The first-order valence-electron chi connectivity index (χ1n) is 7.23. The van der Waals surface area contributed by atoms with Gasteiger partial charge < -0.3 is 15.0 Å². The molecule has 0 heterocycles. The Bertz CT molecular complexity index is 419. The van der Waals surface area contributed by atoms with Crippen LogP contribution in [-0.4, -0.2) is 37.7 Å². The maximum Gasteiger partial charge on any atom is 0.387 e. The van der Waals surface area contributed by atoms with Gasteiger partial charge in [-0.2, -0.15) is 8.78 Å². The molecule has 1 aromatic carbocycles. The summed E-state index contributed by atoms with van der Waals surface area (Å²) in [5.74, 6) is 0.169. The fraction of sp³-hybridized carbons (Fsp3) is 0.600. The second kappa shape index (κ2) is 9.92. The fourth-order valence-electron chi connectivity index (χ4n) is 2.10. The number of hydrogen-bond acceptors (Lipinski definition) is 3. The normalized spacial score (nSPS) is 11.4. The minimum atomic E-state index is -2.83. The van der Waals surface area contributed by atoms with Crippen molar-refractivity contribution < 1.29 is 13.5 Å². The first kappa shape index (κ1) is 18.1. The Morgan fingerprint density at radius 3 is 2.67 bits per heavy atom. The van der Waals surface area contributed by atoms with Gasteiger partial charge in [0, 0.05) is 30.2 Å². The lowest BCUT2D eigenvalue weighted by molar-refractivity contribution is -0.0504. The van der Waals surface area contributed by atoms with E-state index >= 15 is 0 Å². The molecule has 120 valence electrons. The Morgan fingerprint density at radius 2 is 2.05 bits per heavy atom. The second-order valence-electron chi connectivity index (χ2n) is 4.74. The number of halogens is 3. The van der Waals surface area contributed by atoms with Crippen LogP contribution in [0, 0.1) is 0 Å². The highest BCUT2D eigenvalue weighted by molar-refractivity contribution is 6.30. The molecule has 0 atom stereocenters. The lowest BCUT2D eigenvalue weighted by atomic mass is 10.2.